The van der Waals surface area contributed by atoms with E-state index in [1.165, 1.54) is 0 Å². The van der Waals surface area contributed by atoms with Crippen molar-refractivity contribution in [2.24, 2.45) is 34.4 Å². The Morgan fingerprint density at radius 2 is 0.738 bits per heavy atom. The second-order valence-corrected chi connectivity index (χ2v) is 9.72. The van der Waals surface area contributed by atoms with Crippen molar-refractivity contribution in [2.45, 2.75) is 69.8 Å². The Bertz CT molecular complexity index is 592. The van der Waals surface area contributed by atoms with Crippen LogP contribution in [0.2, 0.25) is 0 Å². The molecule has 0 aromatic heterocycles. The SMILES string of the molecule is CO.CO.NC1[N-]C=CC[N-]1.NC1[N-]CCCN1.NC1[N-]CCCN1.NC1[N-]CCC[N-]1.NC1[N-]CCC[N-]1.NC1[N-]CCC[N-]1.[Cu+2].[Cu+].[Cu+].[Cu+].[F][Cu+].[F][Cu][F].[F][Cu][F].[NH2-].[NH2-].[NH2-]. The summed E-state index contributed by atoms with van der Waals surface area (Å²) in [4.78, 5) is 0. The first kappa shape index (κ1) is 93.1. The van der Waals surface area contributed by atoms with E-state index in [4.69, 9.17) is 48.2 Å². The van der Waals surface area contributed by atoms with Gasteiger partial charge in [-0.3, -0.25) is 0 Å². The second kappa shape index (κ2) is 85.3. The van der Waals surface area contributed by atoms with Gasteiger partial charge in [-0.1, -0.05) is 32.1 Å². The van der Waals surface area contributed by atoms with Crippen LogP contribution in [0.4, 0.5) is 17.8 Å². The number of hydrogen-bond donors (Lipinski definition) is 10. The van der Waals surface area contributed by atoms with Crippen molar-refractivity contribution < 1.29 is 144 Å². The van der Waals surface area contributed by atoms with Crippen molar-refractivity contribution in [3.8, 4) is 0 Å². The normalized spacial score (nSPS) is 20.7. The maximum atomic E-state index is 9.53. The Morgan fingerprint density at radius 1 is 0.492 bits per heavy atom. The minimum absolute atomic E-state index is 0. The number of nitrogens with two attached hydrogens (primary N) is 9. The van der Waals surface area contributed by atoms with E-state index in [2.05, 4.69) is 80.3 Å². The van der Waals surface area contributed by atoms with E-state index in [9.17, 15) is 14.2 Å². The number of hydrogen-bond acceptors (Lipinski definition) is 10. The molecule has 1 radical (unpaired) electrons. The third-order valence-electron chi connectivity index (χ3n) is 5.62. The molecule has 0 amide bonds. The van der Waals surface area contributed by atoms with E-state index in [1.807, 2.05) is 6.08 Å². The van der Waals surface area contributed by atoms with E-state index in [-0.39, 0.29) is 124 Å². The van der Waals surface area contributed by atoms with Crippen LogP contribution in [0, 0.1) is 0 Å². The van der Waals surface area contributed by atoms with Crippen LogP contribution in [0.3, 0.4) is 0 Å². The van der Waals surface area contributed by atoms with Gasteiger partial charge in [-0.2, -0.15) is 70.6 Å². The van der Waals surface area contributed by atoms with Crippen molar-refractivity contribution in [1.82, 2.24) is 10.6 Å². The van der Waals surface area contributed by atoms with Gasteiger partial charge in [0.15, 0.2) is 0 Å². The zero-order chi connectivity index (χ0) is 42.1. The zero-order valence-corrected chi connectivity index (χ0v) is 40.1. The molecule has 35 heteroatoms. The second-order valence-electron chi connectivity index (χ2n) is 9.45. The Labute approximate surface area is 426 Å². The molecule has 0 aromatic carbocycles. The molecule has 5 fully saturated rings. The van der Waals surface area contributed by atoms with Crippen molar-refractivity contribution >= 4 is 0 Å². The summed E-state index contributed by atoms with van der Waals surface area (Å²) in [6.45, 7) is 9.96. The molecule has 0 bridgehead atoms. The van der Waals surface area contributed by atoms with Gasteiger partial charge in [0.1, 0.15) is 0 Å². The molecule has 5 saturated heterocycles. The molecule has 23 nitrogen and oxygen atoms in total. The summed E-state index contributed by atoms with van der Waals surface area (Å²) < 4.78 is 47.2. The van der Waals surface area contributed by atoms with E-state index in [1.54, 1.807) is 6.20 Å². The fourth-order valence-corrected chi connectivity index (χ4v) is 3.39. The number of halogens is 5. The molecule has 3 atom stereocenters. The Hall–Kier alpha value is 1.95. The van der Waals surface area contributed by atoms with Crippen LogP contribution in [-0.2, 0) is 116 Å². The fourth-order valence-electron chi connectivity index (χ4n) is 3.39. The number of nitrogens with one attached hydrogen (secondary N) is 2. The molecule has 3 unspecified atom stereocenters. The number of aliphatic hydroxyl groups excluding tert-OH is 2. The smallest absolute Gasteiger partial charge is 0.693 e. The maximum Gasteiger partial charge on any atom is -0.693 e. The number of nitrogens with zero attached hydrogens (tertiary/aromatic N) is 10. The molecule has 0 saturated carbocycles. The summed E-state index contributed by atoms with van der Waals surface area (Å²) in [5, 5.41) is 59.2. The molecule has 0 aliphatic carbocycles. The molecular formula is C26H68Cu7F5N21O2-7. The summed E-state index contributed by atoms with van der Waals surface area (Å²) in [6.07, 6.45) is 7.93. The largest absolute Gasteiger partial charge is 0.693 e. The first-order valence-electron chi connectivity index (χ1n) is 16.2. The molecule has 408 valence electrons. The van der Waals surface area contributed by atoms with E-state index < -0.39 is 31.7 Å². The van der Waals surface area contributed by atoms with Crippen LogP contribution in [0.1, 0.15) is 32.1 Å². The third kappa shape index (κ3) is 89.2. The molecule has 6 rings (SSSR count). The van der Waals surface area contributed by atoms with Gasteiger partial charge in [0.25, 0.3) is 0 Å². The zero-order valence-electron chi connectivity index (χ0n) is 33.5. The molecule has 0 spiro atoms. The molecule has 6 aliphatic rings. The molecule has 6 aliphatic heterocycles. The summed E-state index contributed by atoms with van der Waals surface area (Å²) in [5.41, 5.74) is 31.9. The van der Waals surface area contributed by atoms with E-state index >= 15 is 0 Å². The van der Waals surface area contributed by atoms with Gasteiger partial charge in [-0.25, -0.2) is 0 Å². The van der Waals surface area contributed by atoms with Gasteiger partial charge in [0.2, 0.25) is 0 Å². The van der Waals surface area contributed by atoms with Gasteiger partial charge < -0.3 is 127 Å². The van der Waals surface area contributed by atoms with Crippen LogP contribution in [0.5, 0.6) is 0 Å². The van der Waals surface area contributed by atoms with Crippen LogP contribution in [0.25, 0.3) is 71.6 Å². The van der Waals surface area contributed by atoms with E-state index in [0.717, 1.165) is 112 Å². The van der Waals surface area contributed by atoms with Gasteiger partial charge >= 0.3 is 134 Å². The molecule has 6 heterocycles. The quantitative estimate of drug-likeness (QED) is 0.121. The summed E-state index contributed by atoms with van der Waals surface area (Å²) in [7, 11) is 2.00. The summed E-state index contributed by atoms with van der Waals surface area (Å²) >= 11 is 0.312. The minimum atomic E-state index is -1.19. The predicted molar refractivity (Wildman–Crippen MR) is 211 cm³/mol. The van der Waals surface area contributed by atoms with E-state index in [0.29, 0.717) is 6.54 Å². The monoisotopic (exact) mass is 1240 g/mol. The Morgan fingerprint density at radius 3 is 0.836 bits per heavy atom. The average molecular weight is 1250 g/mol. The molecule has 22 N–H and O–H groups in total. The average Bonchev–Trinajstić information content (AvgIpc) is 3.21. The summed E-state index contributed by atoms with van der Waals surface area (Å²) in [5.74, 6) is 0. The summed E-state index contributed by atoms with van der Waals surface area (Å²) in [6, 6.07) is 0. The molecule has 0 aromatic rings. The van der Waals surface area contributed by atoms with Crippen LogP contribution >= 0.6 is 0 Å². The Kier molecular flexibility index (Phi) is 130. The fraction of sp³-hybridized carbons (Fsp3) is 0.923. The maximum absolute atomic E-state index is 9.53. The van der Waals surface area contributed by atoms with Gasteiger partial charge in [-0.15, -0.1) is 25.7 Å². The standard InChI is InChI=1S/2C4H10N3.3C4H9N3.C4H7N3.2CH4O.7Cu.5FH.3H2N/c6*5-4-6-2-1-3-7-4;2*1-2;;;;;;;;;;;;;;;/h2*4,6H,1-3,5H2;3*4H,1-3,5H2;1-2,4H,3,5H2;2*2H,1H3;;;;;;;;5*1H;3*1H2/q2*-1;4*-2;;;3*+1;4*+2;;;;;;3*-1/p-5. The van der Waals surface area contributed by atoms with Gasteiger partial charge in [0, 0.05) is 14.2 Å². The van der Waals surface area contributed by atoms with Crippen molar-refractivity contribution in [1.29, 1.82) is 0 Å². The van der Waals surface area contributed by atoms with Crippen LogP contribution < -0.4 is 45.0 Å². The number of aliphatic hydroxyl groups is 2. The van der Waals surface area contributed by atoms with Crippen molar-refractivity contribution in [3.63, 3.8) is 0 Å². The Balaban J connectivity index is -0.0000000440. The minimum Gasteiger partial charge on any atom is -0.693 e. The molecule has 61 heavy (non-hydrogen) atoms. The topological polar surface area (TPSA) is 462 Å². The van der Waals surface area contributed by atoms with Gasteiger partial charge in [0.05, 0.1) is 0 Å². The third-order valence-corrected chi connectivity index (χ3v) is 5.62. The first-order chi connectivity index (χ1) is 26.2. The molecular weight excluding hydrogens is 1180 g/mol. The van der Waals surface area contributed by atoms with Crippen LogP contribution in [0.15, 0.2) is 12.3 Å². The van der Waals surface area contributed by atoms with Crippen molar-refractivity contribution in [3.05, 3.63) is 83.9 Å². The number of rotatable bonds is 0. The predicted octanol–water partition coefficient (Wildman–Crippen LogP) is 4.29. The van der Waals surface area contributed by atoms with Crippen molar-refractivity contribution in [2.75, 3.05) is 86.2 Å². The van der Waals surface area contributed by atoms with Gasteiger partial charge in [-0.05, 0) is 25.7 Å². The first-order valence-corrected chi connectivity index (χ1v) is 18.0. The van der Waals surface area contributed by atoms with Crippen LogP contribution in [-0.4, -0.2) is 134 Å².